The molecule has 0 radical (unpaired) electrons. The highest BCUT2D eigenvalue weighted by Crippen LogP contribution is 2.26. The molecular formula is C14H19BrN6. The van der Waals surface area contributed by atoms with Gasteiger partial charge in [-0.1, -0.05) is 6.07 Å². The van der Waals surface area contributed by atoms with Crippen LogP contribution in [-0.4, -0.2) is 28.0 Å². The molecule has 0 atom stereocenters. The largest absolute Gasteiger partial charge is 0.368 e. The maximum atomic E-state index is 5.79. The Labute approximate surface area is 132 Å². The molecule has 0 bridgehead atoms. The zero-order chi connectivity index (χ0) is 15.4. The van der Waals surface area contributed by atoms with Crippen molar-refractivity contribution in [2.24, 2.45) is 0 Å². The van der Waals surface area contributed by atoms with Crippen molar-refractivity contribution >= 4 is 39.5 Å². The normalized spacial score (nSPS) is 10.5. The van der Waals surface area contributed by atoms with Crippen LogP contribution in [0.25, 0.3) is 0 Å². The maximum Gasteiger partial charge on any atom is 0.233 e. The Morgan fingerprint density at radius 3 is 2.57 bits per heavy atom. The molecule has 0 saturated heterocycles. The molecule has 1 aromatic carbocycles. The third-order valence-corrected chi connectivity index (χ3v) is 3.75. The van der Waals surface area contributed by atoms with E-state index < -0.39 is 0 Å². The monoisotopic (exact) mass is 350 g/mol. The van der Waals surface area contributed by atoms with Gasteiger partial charge in [0, 0.05) is 17.6 Å². The van der Waals surface area contributed by atoms with E-state index in [4.69, 9.17) is 5.73 Å². The van der Waals surface area contributed by atoms with Gasteiger partial charge >= 0.3 is 0 Å². The summed E-state index contributed by atoms with van der Waals surface area (Å²) in [5.41, 5.74) is 7.83. The molecule has 6 nitrogen and oxygen atoms in total. The number of aromatic nitrogens is 3. The molecule has 0 spiro atoms. The minimum Gasteiger partial charge on any atom is -0.368 e. The van der Waals surface area contributed by atoms with Crippen LogP contribution in [0.1, 0.15) is 19.4 Å². The molecule has 0 amide bonds. The Balaban J connectivity index is 2.34. The van der Waals surface area contributed by atoms with Crippen molar-refractivity contribution in [1.82, 2.24) is 15.0 Å². The molecule has 7 heteroatoms. The fourth-order valence-electron chi connectivity index (χ4n) is 1.94. The Kier molecular flexibility index (Phi) is 4.95. The average Bonchev–Trinajstić information content (AvgIpc) is 2.44. The minimum atomic E-state index is 0.207. The van der Waals surface area contributed by atoms with Crippen molar-refractivity contribution < 1.29 is 0 Å². The first kappa shape index (κ1) is 15.5. The maximum absolute atomic E-state index is 5.79. The van der Waals surface area contributed by atoms with Crippen LogP contribution >= 0.6 is 15.9 Å². The molecule has 0 saturated carbocycles. The third kappa shape index (κ3) is 3.81. The minimum absolute atomic E-state index is 0.207. The highest BCUT2D eigenvalue weighted by atomic mass is 79.9. The Hall–Kier alpha value is -1.89. The van der Waals surface area contributed by atoms with E-state index >= 15 is 0 Å². The standard InChI is InChI=1S/C14H19BrN6/c1-4-21(5-2)14-19-12(16)18-13(20-14)17-11-8-9(3)6-7-10(11)15/h6-8H,4-5H2,1-3H3,(H3,16,17,18,19,20). The van der Waals surface area contributed by atoms with Crippen LogP contribution in [0.3, 0.4) is 0 Å². The Bertz CT molecular complexity index is 627. The second-order valence-electron chi connectivity index (χ2n) is 4.60. The number of aryl methyl sites for hydroxylation is 1. The highest BCUT2D eigenvalue weighted by molar-refractivity contribution is 9.10. The summed E-state index contributed by atoms with van der Waals surface area (Å²) in [7, 11) is 0. The van der Waals surface area contributed by atoms with E-state index in [0.717, 1.165) is 28.8 Å². The molecule has 0 aliphatic rings. The van der Waals surface area contributed by atoms with Gasteiger partial charge in [-0.05, 0) is 54.4 Å². The molecule has 0 fully saturated rings. The summed E-state index contributed by atoms with van der Waals surface area (Å²) in [4.78, 5) is 14.8. The molecule has 1 aromatic heterocycles. The summed E-state index contributed by atoms with van der Waals surface area (Å²) in [6, 6.07) is 6.02. The average molecular weight is 351 g/mol. The lowest BCUT2D eigenvalue weighted by atomic mass is 10.2. The lowest BCUT2D eigenvalue weighted by Crippen LogP contribution is -2.25. The number of benzene rings is 1. The van der Waals surface area contributed by atoms with Gasteiger partial charge in [0.05, 0.1) is 5.69 Å². The topological polar surface area (TPSA) is 80.0 Å². The Morgan fingerprint density at radius 1 is 1.19 bits per heavy atom. The van der Waals surface area contributed by atoms with Crippen molar-refractivity contribution in [3.05, 3.63) is 28.2 Å². The van der Waals surface area contributed by atoms with Crippen LogP contribution in [0.15, 0.2) is 22.7 Å². The number of nitrogens with two attached hydrogens (primary N) is 1. The molecule has 0 aliphatic heterocycles. The van der Waals surface area contributed by atoms with Crippen LogP contribution < -0.4 is 16.0 Å². The van der Waals surface area contributed by atoms with Crippen LogP contribution in [0, 0.1) is 6.92 Å². The first-order chi connectivity index (χ1) is 10.0. The first-order valence-electron chi connectivity index (χ1n) is 6.83. The number of hydrogen-bond donors (Lipinski definition) is 2. The molecular weight excluding hydrogens is 332 g/mol. The molecule has 3 N–H and O–H groups in total. The zero-order valence-corrected chi connectivity index (χ0v) is 14.0. The van der Waals surface area contributed by atoms with E-state index in [-0.39, 0.29) is 5.95 Å². The smallest absolute Gasteiger partial charge is 0.233 e. The highest BCUT2D eigenvalue weighted by Gasteiger charge is 2.10. The predicted octanol–water partition coefficient (Wildman–Crippen LogP) is 3.11. The van der Waals surface area contributed by atoms with Gasteiger partial charge in [0.15, 0.2) is 0 Å². The SMILES string of the molecule is CCN(CC)c1nc(N)nc(Nc2cc(C)ccc2Br)n1. The van der Waals surface area contributed by atoms with E-state index in [1.807, 2.05) is 43.9 Å². The summed E-state index contributed by atoms with van der Waals surface area (Å²) >= 11 is 3.51. The number of nitrogens with one attached hydrogen (secondary N) is 1. The quantitative estimate of drug-likeness (QED) is 0.862. The van der Waals surface area contributed by atoms with Crippen molar-refractivity contribution in [3.63, 3.8) is 0 Å². The van der Waals surface area contributed by atoms with Gasteiger partial charge < -0.3 is 16.0 Å². The molecule has 2 aromatic rings. The van der Waals surface area contributed by atoms with Gasteiger partial charge in [-0.15, -0.1) is 0 Å². The van der Waals surface area contributed by atoms with Gasteiger partial charge in [0.1, 0.15) is 0 Å². The molecule has 21 heavy (non-hydrogen) atoms. The fourth-order valence-corrected chi connectivity index (χ4v) is 2.29. The Morgan fingerprint density at radius 2 is 1.90 bits per heavy atom. The van der Waals surface area contributed by atoms with Gasteiger partial charge in [-0.25, -0.2) is 0 Å². The zero-order valence-electron chi connectivity index (χ0n) is 12.4. The summed E-state index contributed by atoms with van der Waals surface area (Å²) in [5, 5.41) is 3.18. The first-order valence-corrected chi connectivity index (χ1v) is 7.62. The summed E-state index contributed by atoms with van der Waals surface area (Å²) in [6.07, 6.45) is 0. The van der Waals surface area contributed by atoms with Crippen molar-refractivity contribution in [3.8, 4) is 0 Å². The second kappa shape index (κ2) is 6.71. The molecule has 2 rings (SSSR count). The van der Waals surface area contributed by atoms with Gasteiger partial charge in [-0.2, -0.15) is 15.0 Å². The predicted molar refractivity (Wildman–Crippen MR) is 90.0 cm³/mol. The van der Waals surface area contributed by atoms with Gasteiger partial charge in [0.25, 0.3) is 0 Å². The van der Waals surface area contributed by atoms with E-state index in [1.54, 1.807) is 0 Å². The lowest BCUT2D eigenvalue weighted by molar-refractivity contribution is 0.816. The van der Waals surface area contributed by atoms with Gasteiger partial charge in [-0.3, -0.25) is 0 Å². The van der Waals surface area contributed by atoms with E-state index in [1.165, 1.54) is 0 Å². The fraction of sp³-hybridized carbons (Fsp3) is 0.357. The van der Waals surface area contributed by atoms with E-state index in [0.29, 0.717) is 11.9 Å². The van der Waals surface area contributed by atoms with Crippen molar-refractivity contribution in [2.75, 3.05) is 29.0 Å². The summed E-state index contributed by atoms with van der Waals surface area (Å²) < 4.78 is 0.941. The van der Waals surface area contributed by atoms with Crippen LogP contribution in [0.4, 0.5) is 23.5 Å². The molecule has 112 valence electrons. The lowest BCUT2D eigenvalue weighted by Gasteiger charge is -2.19. The molecule has 1 heterocycles. The number of rotatable bonds is 5. The van der Waals surface area contributed by atoms with Crippen LogP contribution in [0.2, 0.25) is 0 Å². The van der Waals surface area contributed by atoms with E-state index in [2.05, 4.69) is 36.2 Å². The van der Waals surface area contributed by atoms with E-state index in [9.17, 15) is 0 Å². The number of hydrogen-bond acceptors (Lipinski definition) is 6. The molecule has 0 unspecified atom stereocenters. The van der Waals surface area contributed by atoms with Gasteiger partial charge in [0.2, 0.25) is 17.8 Å². The van der Waals surface area contributed by atoms with Crippen LogP contribution in [-0.2, 0) is 0 Å². The number of anilines is 4. The number of nitrogen functional groups attached to an aromatic ring is 1. The summed E-state index contributed by atoms with van der Waals surface area (Å²) in [6.45, 7) is 7.75. The summed E-state index contributed by atoms with van der Waals surface area (Å²) in [5.74, 6) is 1.23. The number of nitrogens with zero attached hydrogens (tertiary/aromatic N) is 4. The van der Waals surface area contributed by atoms with Crippen molar-refractivity contribution in [1.29, 1.82) is 0 Å². The third-order valence-electron chi connectivity index (χ3n) is 3.06. The van der Waals surface area contributed by atoms with Crippen LogP contribution in [0.5, 0.6) is 0 Å². The molecule has 0 aliphatic carbocycles. The number of halogens is 1. The van der Waals surface area contributed by atoms with Crippen molar-refractivity contribution in [2.45, 2.75) is 20.8 Å². The second-order valence-corrected chi connectivity index (χ2v) is 5.45.